The Kier molecular flexibility index (Phi) is 9.31. The number of hydrogen-bond donors (Lipinski definition) is 1. The summed E-state index contributed by atoms with van der Waals surface area (Å²) < 4.78 is 13.9. The molecule has 20 heavy (non-hydrogen) atoms. The zero-order chi connectivity index (χ0) is 15.5. The molecule has 0 aliphatic rings. The van der Waals surface area contributed by atoms with Gasteiger partial charge in [-0.15, -0.1) is 0 Å². The van der Waals surface area contributed by atoms with Gasteiger partial charge in [0.2, 0.25) is 5.91 Å². The van der Waals surface area contributed by atoms with E-state index in [4.69, 9.17) is 4.74 Å². The third-order valence-electron chi connectivity index (χ3n) is 2.35. The van der Waals surface area contributed by atoms with Gasteiger partial charge in [0.25, 0.3) is 0 Å². The first kappa shape index (κ1) is 18.3. The molecule has 1 unspecified atom stereocenters. The van der Waals surface area contributed by atoms with Crippen LogP contribution in [0.5, 0.6) is 0 Å². The van der Waals surface area contributed by atoms with Crippen LogP contribution in [0.1, 0.15) is 6.92 Å². The third-order valence-corrected chi connectivity index (χ3v) is 2.35. The van der Waals surface area contributed by atoms with Crippen molar-refractivity contribution in [1.29, 1.82) is 0 Å². The van der Waals surface area contributed by atoms with Gasteiger partial charge in [-0.25, -0.2) is 0 Å². The van der Waals surface area contributed by atoms with Gasteiger partial charge in [0, 0.05) is 13.2 Å². The number of hydrogen-bond acceptors (Lipinski definition) is 7. The largest absolute Gasteiger partial charge is 0.468 e. The number of nitrogens with one attached hydrogen (secondary N) is 1. The molecule has 1 amide bonds. The minimum absolute atomic E-state index is 0.113. The molecule has 0 aliphatic heterocycles. The highest BCUT2D eigenvalue weighted by molar-refractivity contribution is 5.81. The second kappa shape index (κ2) is 10.2. The van der Waals surface area contributed by atoms with E-state index >= 15 is 0 Å². The van der Waals surface area contributed by atoms with Gasteiger partial charge >= 0.3 is 11.9 Å². The number of carbonyl (C=O) groups excluding carboxylic acids is 3. The maximum atomic E-state index is 11.8. The first-order valence-electron chi connectivity index (χ1n) is 6.07. The first-order chi connectivity index (χ1) is 9.42. The second-order valence-corrected chi connectivity index (χ2v) is 4.22. The van der Waals surface area contributed by atoms with E-state index in [9.17, 15) is 14.4 Å². The van der Waals surface area contributed by atoms with Crippen molar-refractivity contribution < 1.29 is 28.6 Å². The highest BCUT2D eigenvalue weighted by Crippen LogP contribution is 1.93. The molecule has 0 saturated carbocycles. The number of nitrogens with zero attached hydrogens (tertiary/aromatic N) is 1. The summed E-state index contributed by atoms with van der Waals surface area (Å²) in [5.41, 5.74) is 0. The van der Waals surface area contributed by atoms with E-state index < -0.39 is 11.9 Å². The van der Waals surface area contributed by atoms with Crippen molar-refractivity contribution in [3.8, 4) is 0 Å². The number of amides is 1. The third kappa shape index (κ3) is 8.44. The fourth-order valence-electron chi connectivity index (χ4n) is 1.48. The molecule has 0 bridgehead atoms. The van der Waals surface area contributed by atoms with Crippen molar-refractivity contribution in [2.75, 3.05) is 47.6 Å². The normalized spacial score (nSPS) is 11.8. The van der Waals surface area contributed by atoms with Crippen LogP contribution >= 0.6 is 0 Å². The number of methoxy groups -OCH3 is 3. The highest BCUT2D eigenvalue weighted by Gasteiger charge is 2.19. The Hall–Kier alpha value is -1.67. The molecule has 1 N–H and O–H groups in total. The Labute approximate surface area is 118 Å². The van der Waals surface area contributed by atoms with Crippen molar-refractivity contribution >= 4 is 17.8 Å². The number of esters is 2. The van der Waals surface area contributed by atoms with E-state index in [0.717, 1.165) is 0 Å². The van der Waals surface area contributed by atoms with Gasteiger partial charge in [0.1, 0.15) is 0 Å². The predicted octanol–water partition coefficient (Wildman–Crippen LogP) is -1.21. The SMILES string of the molecule is COCC(C)NC(=O)CN(CC(=O)OC)CC(=O)OC. The molecule has 0 fully saturated rings. The zero-order valence-electron chi connectivity index (χ0n) is 12.3. The van der Waals surface area contributed by atoms with Crippen LogP contribution in [0.15, 0.2) is 0 Å². The molecule has 0 aromatic heterocycles. The summed E-state index contributed by atoms with van der Waals surface area (Å²) in [6.07, 6.45) is 0. The molecule has 0 radical (unpaired) electrons. The average molecular weight is 290 g/mol. The summed E-state index contributed by atoms with van der Waals surface area (Å²) in [5, 5.41) is 2.68. The predicted molar refractivity (Wildman–Crippen MR) is 70.0 cm³/mol. The van der Waals surface area contributed by atoms with Crippen molar-refractivity contribution in [1.82, 2.24) is 10.2 Å². The van der Waals surface area contributed by atoms with E-state index in [1.54, 1.807) is 6.92 Å². The fourth-order valence-corrected chi connectivity index (χ4v) is 1.48. The number of ether oxygens (including phenoxy) is 3. The molecule has 0 aromatic carbocycles. The van der Waals surface area contributed by atoms with Crippen LogP contribution in [0.3, 0.4) is 0 Å². The van der Waals surface area contributed by atoms with Crippen molar-refractivity contribution in [2.24, 2.45) is 0 Å². The molecule has 0 saturated heterocycles. The summed E-state index contributed by atoms with van der Waals surface area (Å²) in [6, 6.07) is -0.161. The van der Waals surface area contributed by atoms with Gasteiger partial charge in [0.05, 0.1) is 40.5 Å². The Balaban J connectivity index is 4.42. The van der Waals surface area contributed by atoms with Gasteiger partial charge < -0.3 is 19.5 Å². The van der Waals surface area contributed by atoms with Crippen molar-refractivity contribution in [2.45, 2.75) is 13.0 Å². The minimum atomic E-state index is -0.536. The Morgan fingerprint density at radius 1 is 1.00 bits per heavy atom. The minimum Gasteiger partial charge on any atom is -0.468 e. The van der Waals surface area contributed by atoms with Gasteiger partial charge in [-0.1, -0.05) is 0 Å². The van der Waals surface area contributed by atoms with Gasteiger partial charge in [0.15, 0.2) is 0 Å². The van der Waals surface area contributed by atoms with E-state index in [1.807, 2.05) is 0 Å². The monoisotopic (exact) mass is 290 g/mol. The van der Waals surface area contributed by atoms with Gasteiger partial charge in [-0.3, -0.25) is 19.3 Å². The average Bonchev–Trinajstić information content (AvgIpc) is 2.38. The van der Waals surface area contributed by atoms with Crippen LogP contribution in [-0.2, 0) is 28.6 Å². The molecule has 1 atom stereocenters. The van der Waals surface area contributed by atoms with Crippen LogP contribution in [0.2, 0.25) is 0 Å². The van der Waals surface area contributed by atoms with Crippen LogP contribution in [0.25, 0.3) is 0 Å². The maximum Gasteiger partial charge on any atom is 0.319 e. The molecule has 116 valence electrons. The maximum absolute atomic E-state index is 11.8. The highest BCUT2D eigenvalue weighted by atomic mass is 16.5. The lowest BCUT2D eigenvalue weighted by Gasteiger charge is -2.20. The van der Waals surface area contributed by atoms with Gasteiger partial charge in [-0.05, 0) is 6.92 Å². The topological polar surface area (TPSA) is 94.2 Å². The quantitative estimate of drug-likeness (QED) is 0.532. The van der Waals surface area contributed by atoms with E-state index in [1.165, 1.54) is 26.2 Å². The van der Waals surface area contributed by atoms with E-state index in [0.29, 0.717) is 6.61 Å². The number of rotatable bonds is 9. The van der Waals surface area contributed by atoms with E-state index in [-0.39, 0.29) is 31.6 Å². The molecule has 8 nitrogen and oxygen atoms in total. The van der Waals surface area contributed by atoms with Crippen molar-refractivity contribution in [3.05, 3.63) is 0 Å². The summed E-state index contributed by atoms with van der Waals surface area (Å²) in [6.45, 7) is 1.71. The molecular formula is C12H22N2O6. The number of carbonyl (C=O) groups is 3. The standard InChI is InChI=1S/C12H22N2O6/c1-9(8-18-2)13-10(15)5-14(6-11(16)19-3)7-12(17)20-4/h9H,5-8H2,1-4H3,(H,13,15). The summed E-state index contributed by atoms with van der Waals surface area (Å²) >= 11 is 0. The molecular weight excluding hydrogens is 268 g/mol. The summed E-state index contributed by atoms with van der Waals surface area (Å²) in [7, 11) is 4.00. The van der Waals surface area contributed by atoms with Crippen LogP contribution in [0.4, 0.5) is 0 Å². The van der Waals surface area contributed by atoms with Gasteiger partial charge in [-0.2, -0.15) is 0 Å². The summed E-state index contributed by atoms with van der Waals surface area (Å²) in [4.78, 5) is 35.6. The van der Waals surface area contributed by atoms with Crippen molar-refractivity contribution in [3.63, 3.8) is 0 Å². The lowest BCUT2D eigenvalue weighted by Crippen LogP contribution is -2.45. The Bertz CT molecular complexity index is 316. The van der Waals surface area contributed by atoms with E-state index in [2.05, 4.69) is 14.8 Å². The smallest absolute Gasteiger partial charge is 0.319 e. The molecule has 0 spiro atoms. The summed E-state index contributed by atoms with van der Waals surface area (Å²) in [5.74, 6) is -1.39. The molecule has 0 aromatic rings. The first-order valence-corrected chi connectivity index (χ1v) is 6.07. The molecule has 0 rings (SSSR count). The molecule has 0 heterocycles. The second-order valence-electron chi connectivity index (χ2n) is 4.22. The zero-order valence-corrected chi connectivity index (χ0v) is 12.3. The van der Waals surface area contributed by atoms with Crippen LogP contribution in [0, 0.1) is 0 Å². The Morgan fingerprint density at radius 2 is 1.50 bits per heavy atom. The molecule has 0 aliphatic carbocycles. The Morgan fingerprint density at radius 3 is 1.90 bits per heavy atom. The fraction of sp³-hybridized carbons (Fsp3) is 0.750. The van der Waals surface area contributed by atoms with Crippen LogP contribution < -0.4 is 5.32 Å². The van der Waals surface area contributed by atoms with Crippen LogP contribution in [-0.4, -0.2) is 76.4 Å². The lowest BCUT2D eigenvalue weighted by molar-refractivity contribution is -0.146. The lowest BCUT2D eigenvalue weighted by atomic mass is 10.3. The molecule has 8 heteroatoms.